The normalized spacial score (nSPS) is 14.1. The number of hydrogen-bond acceptors (Lipinski definition) is 4. The fourth-order valence-electron chi connectivity index (χ4n) is 3.59. The second-order valence-electron chi connectivity index (χ2n) is 6.91. The molecule has 138 valence electrons. The predicted molar refractivity (Wildman–Crippen MR) is 112 cm³/mol. The predicted octanol–water partition coefficient (Wildman–Crippen LogP) is 3.70. The highest BCUT2D eigenvalue weighted by molar-refractivity contribution is 5.67. The first-order chi connectivity index (χ1) is 13.4. The van der Waals surface area contributed by atoms with Gasteiger partial charge in [0.2, 0.25) is 0 Å². The SMILES string of the molecule is c1ccc(CN(Cc2ccccc2)c2cccnc2N2CCNCC2)cc1. The van der Waals surface area contributed by atoms with Gasteiger partial charge in [-0.3, -0.25) is 0 Å². The third kappa shape index (κ3) is 4.47. The third-order valence-corrected chi connectivity index (χ3v) is 4.96. The van der Waals surface area contributed by atoms with Gasteiger partial charge in [0.1, 0.15) is 0 Å². The summed E-state index contributed by atoms with van der Waals surface area (Å²) in [4.78, 5) is 9.60. The Morgan fingerprint density at radius 2 is 1.37 bits per heavy atom. The highest BCUT2D eigenvalue weighted by Gasteiger charge is 2.19. The average molecular weight is 358 g/mol. The van der Waals surface area contributed by atoms with Crippen LogP contribution in [-0.2, 0) is 13.1 Å². The van der Waals surface area contributed by atoms with Crippen LogP contribution in [0.15, 0.2) is 79.0 Å². The summed E-state index contributed by atoms with van der Waals surface area (Å²) in [5, 5.41) is 3.43. The third-order valence-electron chi connectivity index (χ3n) is 4.96. The Balaban J connectivity index is 1.67. The molecule has 4 heteroatoms. The van der Waals surface area contributed by atoms with Crippen molar-refractivity contribution in [3.8, 4) is 0 Å². The summed E-state index contributed by atoms with van der Waals surface area (Å²) < 4.78 is 0. The first kappa shape index (κ1) is 17.6. The van der Waals surface area contributed by atoms with Crippen LogP contribution in [-0.4, -0.2) is 31.2 Å². The second-order valence-corrected chi connectivity index (χ2v) is 6.91. The van der Waals surface area contributed by atoms with Gasteiger partial charge < -0.3 is 15.1 Å². The van der Waals surface area contributed by atoms with E-state index in [1.54, 1.807) is 0 Å². The van der Waals surface area contributed by atoms with Crippen molar-refractivity contribution >= 4 is 11.5 Å². The topological polar surface area (TPSA) is 31.4 Å². The minimum Gasteiger partial charge on any atom is -0.360 e. The van der Waals surface area contributed by atoms with Crippen LogP contribution in [0.1, 0.15) is 11.1 Å². The Morgan fingerprint density at radius 1 is 0.778 bits per heavy atom. The van der Waals surface area contributed by atoms with Gasteiger partial charge in [0.25, 0.3) is 0 Å². The second kappa shape index (κ2) is 8.69. The van der Waals surface area contributed by atoms with Gasteiger partial charge in [-0.15, -0.1) is 0 Å². The lowest BCUT2D eigenvalue weighted by Gasteiger charge is -2.34. The van der Waals surface area contributed by atoms with Gasteiger partial charge in [-0.2, -0.15) is 0 Å². The molecule has 2 heterocycles. The van der Waals surface area contributed by atoms with E-state index < -0.39 is 0 Å². The first-order valence-electron chi connectivity index (χ1n) is 9.63. The van der Waals surface area contributed by atoms with Crippen LogP contribution in [0.4, 0.5) is 11.5 Å². The van der Waals surface area contributed by atoms with Crippen molar-refractivity contribution in [2.45, 2.75) is 13.1 Å². The van der Waals surface area contributed by atoms with E-state index in [1.165, 1.54) is 16.8 Å². The van der Waals surface area contributed by atoms with Crippen LogP contribution in [0.25, 0.3) is 0 Å². The molecule has 4 nitrogen and oxygen atoms in total. The smallest absolute Gasteiger partial charge is 0.152 e. The molecule has 0 radical (unpaired) electrons. The van der Waals surface area contributed by atoms with Gasteiger partial charge in [-0.25, -0.2) is 4.98 Å². The Morgan fingerprint density at radius 3 is 1.96 bits per heavy atom. The lowest BCUT2D eigenvalue weighted by atomic mass is 10.1. The number of pyridine rings is 1. The number of aromatic nitrogens is 1. The number of hydrogen-bond donors (Lipinski definition) is 1. The largest absolute Gasteiger partial charge is 0.360 e. The molecule has 4 rings (SSSR count). The summed E-state index contributed by atoms with van der Waals surface area (Å²) in [5.74, 6) is 1.09. The van der Waals surface area contributed by atoms with Gasteiger partial charge >= 0.3 is 0 Å². The van der Waals surface area contributed by atoms with E-state index in [1.807, 2.05) is 12.3 Å². The Labute approximate surface area is 161 Å². The summed E-state index contributed by atoms with van der Waals surface area (Å²) in [5.41, 5.74) is 3.82. The summed E-state index contributed by atoms with van der Waals surface area (Å²) in [6.07, 6.45) is 1.91. The molecule has 1 saturated heterocycles. The zero-order valence-electron chi connectivity index (χ0n) is 15.6. The van der Waals surface area contributed by atoms with E-state index in [-0.39, 0.29) is 0 Å². The lowest BCUT2D eigenvalue weighted by molar-refractivity contribution is 0.584. The molecule has 0 aliphatic carbocycles. The van der Waals surface area contributed by atoms with Gasteiger partial charge in [-0.05, 0) is 23.3 Å². The van der Waals surface area contributed by atoms with Gasteiger partial charge in [0, 0.05) is 45.5 Å². The minimum absolute atomic E-state index is 0.862. The Hall–Kier alpha value is -2.85. The van der Waals surface area contributed by atoms with E-state index in [9.17, 15) is 0 Å². The summed E-state index contributed by atoms with van der Waals surface area (Å²) in [7, 11) is 0. The van der Waals surface area contributed by atoms with E-state index in [2.05, 4.69) is 81.8 Å². The zero-order chi connectivity index (χ0) is 18.3. The van der Waals surface area contributed by atoms with E-state index in [4.69, 9.17) is 4.98 Å². The van der Waals surface area contributed by atoms with Crippen LogP contribution < -0.4 is 15.1 Å². The number of rotatable bonds is 6. The molecule has 1 aromatic heterocycles. The number of anilines is 2. The average Bonchev–Trinajstić information content (AvgIpc) is 2.75. The van der Waals surface area contributed by atoms with Crippen LogP contribution in [0.3, 0.4) is 0 Å². The molecule has 1 fully saturated rings. The van der Waals surface area contributed by atoms with Crippen molar-refractivity contribution in [2.75, 3.05) is 36.0 Å². The molecule has 0 unspecified atom stereocenters. The van der Waals surface area contributed by atoms with Crippen LogP contribution in [0.5, 0.6) is 0 Å². The number of benzene rings is 2. The van der Waals surface area contributed by atoms with Gasteiger partial charge in [-0.1, -0.05) is 60.7 Å². The summed E-state index contributed by atoms with van der Waals surface area (Å²) in [6, 6.07) is 25.6. The number of piperazine rings is 1. The molecule has 0 atom stereocenters. The van der Waals surface area contributed by atoms with Crippen molar-refractivity contribution in [3.05, 3.63) is 90.1 Å². The Kier molecular flexibility index (Phi) is 5.65. The van der Waals surface area contributed by atoms with Crippen LogP contribution in [0, 0.1) is 0 Å². The van der Waals surface area contributed by atoms with Gasteiger partial charge in [0.05, 0.1) is 5.69 Å². The van der Waals surface area contributed by atoms with E-state index in [0.29, 0.717) is 0 Å². The van der Waals surface area contributed by atoms with E-state index in [0.717, 1.165) is 45.1 Å². The summed E-state index contributed by atoms with van der Waals surface area (Å²) in [6.45, 7) is 5.73. The lowest BCUT2D eigenvalue weighted by Crippen LogP contribution is -2.44. The summed E-state index contributed by atoms with van der Waals surface area (Å²) >= 11 is 0. The van der Waals surface area contributed by atoms with Crippen LogP contribution in [0.2, 0.25) is 0 Å². The van der Waals surface area contributed by atoms with Crippen LogP contribution >= 0.6 is 0 Å². The molecule has 0 amide bonds. The maximum Gasteiger partial charge on any atom is 0.152 e. The first-order valence-corrected chi connectivity index (χ1v) is 9.63. The maximum absolute atomic E-state index is 4.76. The molecule has 1 N–H and O–H groups in total. The van der Waals surface area contributed by atoms with Crippen molar-refractivity contribution in [1.29, 1.82) is 0 Å². The van der Waals surface area contributed by atoms with E-state index >= 15 is 0 Å². The molecule has 0 spiro atoms. The fourth-order valence-corrected chi connectivity index (χ4v) is 3.59. The van der Waals surface area contributed by atoms with Crippen molar-refractivity contribution in [3.63, 3.8) is 0 Å². The van der Waals surface area contributed by atoms with Crippen molar-refractivity contribution in [1.82, 2.24) is 10.3 Å². The number of nitrogens with zero attached hydrogens (tertiary/aromatic N) is 3. The quantitative estimate of drug-likeness (QED) is 0.728. The standard InChI is InChI=1S/C23H26N4/c1-3-8-20(9-4-1)18-27(19-21-10-5-2-6-11-21)22-12-7-13-25-23(22)26-16-14-24-15-17-26/h1-13,24H,14-19H2. The molecular formula is C23H26N4. The maximum atomic E-state index is 4.76. The minimum atomic E-state index is 0.862. The Bertz CT molecular complexity index is 788. The zero-order valence-corrected chi connectivity index (χ0v) is 15.6. The molecule has 3 aromatic rings. The molecule has 0 saturated carbocycles. The highest BCUT2D eigenvalue weighted by Crippen LogP contribution is 2.30. The molecule has 1 aliphatic rings. The molecular weight excluding hydrogens is 332 g/mol. The monoisotopic (exact) mass is 358 g/mol. The van der Waals surface area contributed by atoms with Crippen molar-refractivity contribution in [2.24, 2.45) is 0 Å². The molecule has 1 aliphatic heterocycles. The highest BCUT2D eigenvalue weighted by atomic mass is 15.3. The molecule has 2 aromatic carbocycles. The van der Waals surface area contributed by atoms with Crippen molar-refractivity contribution < 1.29 is 0 Å². The van der Waals surface area contributed by atoms with Gasteiger partial charge in [0.15, 0.2) is 5.82 Å². The molecule has 27 heavy (non-hydrogen) atoms. The fraction of sp³-hybridized carbons (Fsp3) is 0.261. The molecule has 0 bridgehead atoms. The number of nitrogens with one attached hydrogen (secondary N) is 1.